The van der Waals surface area contributed by atoms with Crippen LogP contribution in [0, 0.1) is 0 Å². The molecule has 0 saturated carbocycles. The van der Waals surface area contributed by atoms with Crippen molar-refractivity contribution in [2.75, 3.05) is 39.3 Å². The average molecular weight is 286 g/mol. The average Bonchev–Trinajstić information content (AvgIpc) is 2.47. The van der Waals surface area contributed by atoms with Gasteiger partial charge in [0, 0.05) is 19.7 Å². The van der Waals surface area contributed by atoms with Gasteiger partial charge in [-0.1, -0.05) is 27.2 Å². The van der Waals surface area contributed by atoms with Gasteiger partial charge in [-0.15, -0.1) is 0 Å². The van der Waals surface area contributed by atoms with Crippen molar-refractivity contribution < 1.29 is 9.53 Å². The van der Waals surface area contributed by atoms with Crippen molar-refractivity contribution >= 4 is 5.91 Å². The Morgan fingerprint density at radius 2 is 1.65 bits per heavy atom. The van der Waals surface area contributed by atoms with Crippen LogP contribution in [0.5, 0.6) is 0 Å². The van der Waals surface area contributed by atoms with Crippen molar-refractivity contribution in [2.45, 2.75) is 60.0 Å². The zero-order chi connectivity index (χ0) is 15.4. The number of rotatable bonds is 12. The van der Waals surface area contributed by atoms with Crippen LogP contribution in [0.2, 0.25) is 0 Å². The topological polar surface area (TPSA) is 32.8 Å². The van der Waals surface area contributed by atoms with E-state index in [1.807, 2.05) is 18.7 Å². The number of amides is 1. The standard InChI is InChI=1S/C16H34N2O2/c1-6-10-14-20-15(5)16(19)18(9-4)13-11-12-17(7-2)8-3/h15H,6-14H2,1-5H3/t15-/m0/s1. The fourth-order valence-corrected chi connectivity index (χ4v) is 2.18. The number of likely N-dealkylation sites (N-methyl/N-ethyl adjacent to an activating group) is 1. The van der Waals surface area contributed by atoms with Crippen LogP contribution >= 0.6 is 0 Å². The number of hydrogen-bond acceptors (Lipinski definition) is 3. The molecule has 0 aromatic carbocycles. The van der Waals surface area contributed by atoms with E-state index in [0.717, 1.165) is 52.0 Å². The van der Waals surface area contributed by atoms with Crippen molar-refractivity contribution in [2.24, 2.45) is 0 Å². The first-order valence-corrected chi connectivity index (χ1v) is 8.23. The molecule has 0 aliphatic carbocycles. The van der Waals surface area contributed by atoms with E-state index in [-0.39, 0.29) is 12.0 Å². The molecule has 0 radical (unpaired) electrons. The molecule has 1 amide bonds. The zero-order valence-corrected chi connectivity index (χ0v) is 14.2. The Hall–Kier alpha value is -0.610. The minimum absolute atomic E-state index is 0.128. The van der Waals surface area contributed by atoms with Crippen molar-refractivity contribution in [1.82, 2.24) is 9.80 Å². The van der Waals surface area contributed by atoms with Gasteiger partial charge in [0.25, 0.3) is 5.91 Å². The van der Waals surface area contributed by atoms with E-state index in [1.165, 1.54) is 0 Å². The maximum atomic E-state index is 12.3. The molecule has 0 aromatic rings. The highest BCUT2D eigenvalue weighted by atomic mass is 16.5. The van der Waals surface area contributed by atoms with Crippen LogP contribution in [-0.2, 0) is 9.53 Å². The SMILES string of the molecule is CCCCO[C@@H](C)C(=O)N(CC)CCCN(CC)CC. The van der Waals surface area contributed by atoms with Crippen LogP contribution in [0.25, 0.3) is 0 Å². The molecular weight excluding hydrogens is 252 g/mol. The van der Waals surface area contributed by atoms with Crippen LogP contribution in [0.3, 0.4) is 0 Å². The second kappa shape index (κ2) is 12.2. The van der Waals surface area contributed by atoms with Gasteiger partial charge < -0.3 is 14.5 Å². The number of carbonyl (C=O) groups is 1. The first kappa shape index (κ1) is 19.4. The molecule has 0 saturated heterocycles. The molecule has 0 N–H and O–H groups in total. The van der Waals surface area contributed by atoms with Crippen molar-refractivity contribution in [1.29, 1.82) is 0 Å². The molecule has 0 bridgehead atoms. The summed E-state index contributed by atoms with van der Waals surface area (Å²) in [5.74, 6) is 0.128. The zero-order valence-electron chi connectivity index (χ0n) is 14.2. The Bertz CT molecular complexity index is 243. The second-order valence-electron chi connectivity index (χ2n) is 5.16. The summed E-state index contributed by atoms with van der Waals surface area (Å²) in [6, 6.07) is 0. The summed E-state index contributed by atoms with van der Waals surface area (Å²) in [5, 5.41) is 0. The molecular formula is C16H34N2O2. The van der Waals surface area contributed by atoms with Crippen LogP contribution < -0.4 is 0 Å². The molecule has 1 atom stereocenters. The maximum absolute atomic E-state index is 12.3. The molecule has 20 heavy (non-hydrogen) atoms. The Balaban J connectivity index is 4.07. The van der Waals surface area contributed by atoms with E-state index in [2.05, 4.69) is 25.7 Å². The van der Waals surface area contributed by atoms with Crippen LogP contribution in [0.4, 0.5) is 0 Å². The third-order valence-electron chi connectivity index (χ3n) is 3.70. The Morgan fingerprint density at radius 3 is 2.15 bits per heavy atom. The molecule has 0 aromatic heterocycles. The molecule has 0 aliphatic heterocycles. The molecule has 0 fully saturated rings. The van der Waals surface area contributed by atoms with E-state index in [4.69, 9.17) is 4.74 Å². The second-order valence-corrected chi connectivity index (χ2v) is 5.16. The van der Waals surface area contributed by atoms with Gasteiger partial charge in [0.05, 0.1) is 0 Å². The van der Waals surface area contributed by atoms with Gasteiger partial charge in [-0.3, -0.25) is 4.79 Å². The van der Waals surface area contributed by atoms with Crippen molar-refractivity contribution in [3.63, 3.8) is 0 Å². The van der Waals surface area contributed by atoms with Crippen molar-refractivity contribution in [3.05, 3.63) is 0 Å². The third-order valence-corrected chi connectivity index (χ3v) is 3.70. The molecule has 0 rings (SSSR count). The van der Waals surface area contributed by atoms with Gasteiger partial charge in [0.15, 0.2) is 0 Å². The molecule has 0 aliphatic rings. The van der Waals surface area contributed by atoms with Crippen LogP contribution in [-0.4, -0.2) is 61.1 Å². The fourth-order valence-electron chi connectivity index (χ4n) is 2.18. The first-order valence-electron chi connectivity index (χ1n) is 8.23. The quantitative estimate of drug-likeness (QED) is 0.517. The monoisotopic (exact) mass is 286 g/mol. The Kier molecular flexibility index (Phi) is 11.8. The fraction of sp³-hybridized carbons (Fsp3) is 0.938. The highest BCUT2D eigenvalue weighted by Gasteiger charge is 2.19. The number of hydrogen-bond donors (Lipinski definition) is 0. The summed E-state index contributed by atoms with van der Waals surface area (Å²) in [5.41, 5.74) is 0. The van der Waals surface area contributed by atoms with E-state index in [9.17, 15) is 4.79 Å². The van der Waals surface area contributed by atoms with Crippen molar-refractivity contribution in [3.8, 4) is 0 Å². The van der Waals surface area contributed by atoms with E-state index in [1.54, 1.807) is 0 Å². The van der Waals surface area contributed by atoms with Gasteiger partial charge in [-0.25, -0.2) is 0 Å². The molecule has 4 nitrogen and oxygen atoms in total. The molecule has 120 valence electrons. The van der Waals surface area contributed by atoms with Gasteiger partial charge in [-0.05, 0) is 46.3 Å². The summed E-state index contributed by atoms with van der Waals surface area (Å²) < 4.78 is 5.60. The van der Waals surface area contributed by atoms with E-state index < -0.39 is 0 Å². The lowest BCUT2D eigenvalue weighted by Gasteiger charge is -2.26. The summed E-state index contributed by atoms with van der Waals surface area (Å²) in [6.07, 6.45) is 2.84. The first-order chi connectivity index (χ1) is 9.60. The highest BCUT2D eigenvalue weighted by Crippen LogP contribution is 2.03. The smallest absolute Gasteiger partial charge is 0.251 e. The summed E-state index contributed by atoms with van der Waals surface area (Å²) >= 11 is 0. The summed E-state index contributed by atoms with van der Waals surface area (Å²) in [7, 11) is 0. The Morgan fingerprint density at radius 1 is 1.00 bits per heavy atom. The molecule has 0 heterocycles. The number of nitrogens with zero attached hydrogens (tertiary/aromatic N) is 2. The van der Waals surface area contributed by atoms with Gasteiger partial charge >= 0.3 is 0 Å². The predicted molar refractivity (Wildman–Crippen MR) is 85.0 cm³/mol. The third kappa shape index (κ3) is 7.85. The number of unbranched alkanes of at least 4 members (excludes halogenated alkanes) is 1. The normalized spacial score (nSPS) is 12.7. The predicted octanol–water partition coefficient (Wildman–Crippen LogP) is 2.77. The number of ether oxygens (including phenoxy) is 1. The molecule has 0 unspecified atom stereocenters. The van der Waals surface area contributed by atoms with E-state index in [0.29, 0.717) is 6.61 Å². The highest BCUT2D eigenvalue weighted by molar-refractivity contribution is 5.80. The summed E-state index contributed by atoms with van der Waals surface area (Å²) in [6.45, 7) is 15.9. The van der Waals surface area contributed by atoms with Gasteiger partial charge in [-0.2, -0.15) is 0 Å². The van der Waals surface area contributed by atoms with E-state index >= 15 is 0 Å². The summed E-state index contributed by atoms with van der Waals surface area (Å²) in [4.78, 5) is 16.6. The Labute approximate surface area is 125 Å². The lowest BCUT2D eigenvalue weighted by Crippen LogP contribution is -2.40. The van der Waals surface area contributed by atoms with Gasteiger partial charge in [0.1, 0.15) is 6.10 Å². The maximum Gasteiger partial charge on any atom is 0.251 e. The molecule has 4 heteroatoms. The van der Waals surface area contributed by atoms with Crippen LogP contribution in [0.15, 0.2) is 0 Å². The van der Waals surface area contributed by atoms with Gasteiger partial charge in [0.2, 0.25) is 0 Å². The lowest BCUT2D eigenvalue weighted by atomic mass is 10.3. The number of carbonyl (C=O) groups excluding carboxylic acids is 1. The molecule has 0 spiro atoms. The minimum atomic E-state index is -0.310. The lowest BCUT2D eigenvalue weighted by molar-refractivity contribution is -0.142. The largest absolute Gasteiger partial charge is 0.369 e. The van der Waals surface area contributed by atoms with Crippen LogP contribution in [0.1, 0.15) is 53.9 Å². The minimum Gasteiger partial charge on any atom is -0.369 e.